The first-order valence-electron chi connectivity index (χ1n) is 6.32. The van der Waals surface area contributed by atoms with Gasteiger partial charge in [-0.25, -0.2) is 0 Å². The Bertz CT molecular complexity index is 522. The zero-order valence-electron chi connectivity index (χ0n) is 11.9. The summed E-state index contributed by atoms with van der Waals surface area (Å²) >= 11 is 9.70. The molecule has 0 saturated heterocycles. The molecule has 0 aliphatic rings. The third-order valence-corrected chi connectivity index (χ3v) is 5.11. The molecule has 0 aromatic carbocycles. The van der Waals surface area contributed by atoms with Crippen LogP contribution in [0.2, 0.25) is 0 Å². The highest BCUT2D eigenvalue weighted by Crippen LogP contribution is 2.38. The standard InChI is InChI=1S/C15H19ClOS2/c1-8-6-13(10(3)18-8)15(17-12(5)16)14-7-9(2)19-11(14)4/h6-7,12,15H,1-5H3. The van der Waals surface area contributed by atoms with Crippen molar-refractivity contribution < 1.29 is 4.74 Å². The highest BCUT2D eigenvalue weighted by Gasteiger charge is 2.23. The molecule has 2 aromatic heterocycles. The minimum Gasteiger partial charge on any atom is -0.350 e. The zero-order valence-corrected chi connectivity index (χ0v) is 14.3. The predicted molar refractivity (Wildman–Crippen MR) is 85.8 cm³/mol. The Kier molecular flexibility index (Phi) is 4.72. The van der Waals surface area contributed by atoms with Gasteiger partial charge in [0, 0.05) is 19.5 Å². The van der Waals surface area contributed by atoms with Crippen molar-refractivity contribution >= 4 is 34.3 Å². The number of hydrogen-bond donors (Lipinski definition) is 0. The van der Waals surface area contributed by atoms with Crippen LogP contribution in [0.5, 0.6) is 0 Å². The van der Waals surface area contributed by atoms with Gasteiger partial charge in [-0.1, -0.05) is 11.6 Å². The Morgan fingerprint density at radius 3 is 1.63 bits per heavy atom. The topological polar surface area (TPSA) is 9.23 Å². The van der Waals surface area contributed by atoms with E-state index >= 15 is 0 Å². The van der Waals surface area contributed by atoms with Gasteiger partial charge < -0.3 is 4.74 Å². The molecule has 0 amide bonds. The molecule has 0 spiro atoms. The van der Waals surface area contributed by atoms with Crippen LogP contribution < -0.4 is 0 Å². The summed E-state index contributed by atoms with van der Waals surface area (Å²) in [5.41, 5.74) is 2.19. The van der Waals surface area contributed by atoms with E-state index in [9.17, 15) is 0 Å². The molecule has 2 rings (SSSR count). The van der Waals surface area contributed by atoms with E-state index in [1.54, 1.807) is 0 Å². The van der Waals surface area contributed by atoms with Gasteiger partial charge in [-0.3, -0.25) is 0 Å². The van der Waals surface area contributed by atoms with Crippen LogP contribution in [0.15, 0.2) is 12.1 Å². The zero-order chi connectivity index (χ0) is 14.2. The molecule has 104 valence electrons. The van der Waals surface area contributed by atoms with Crippen molar-refractivity contribution in [3.63, 3.8) is 0 Å². The lowest BCUT2D eigenvalue weighted by Crippen LogP contribution is -2.11. The second-order valence-electron chi connectivity index (χ2n) is 4.80. The monoisotopic (exact) mass is 314 g/mol. The largest absolute Gasteiger partial charge is 0.350 e. The molecule has 2 aromatic rings. The van der Waals surface area contributed by atoms with E-state index in [-0.39, 0.29) is 11.7 Å². The molecule has 0 aliphatic heterocycles. The average Bonchev–Trinajstić information content (AvgIpc) is 2.78. The minimum atomic E-state index is -0.302. The summed E-state index contributed by atoms with van der Waals surface area (Å²) in [5.74, 6) is 0. The molecular weight excluding hydrogens is 296 g/mol. The van der Waals surface area contributed by atoms with E-state index in [0.717, 1.165) is 0 Å². The van der Waals surface area contributed by atoms with Gasteiger partial charge in [0.15, 0.2) is 0 Å². The van der Waals surface area contributed by atoms with E-state index in [0.29, 0.717) is 0 Å². The van der Waals surface area contributed by atoms with E-state index in [1.165, 1.54) is 30.6 Å². The summed E-state index contributed by atoms with van der Waals surface area (Å²) in [5, 5.41) is 0. The fourth-order valence-corrected chi connectivity index (χ4v) is 4.33. The molecule has 0 fully saturated rings. The summed E-state index contributed by atoms with van der Waals surface area (Å²) in [6.45, 7) is 10.4. The summed E-state index contributed by atoms with van der Waals surface area (Å²) in [7, 11) is 0. The molecular formula is C15H19ClOS2. The molecule has 2 heterocycles. The van der Waals surface area contributed by atoms with Gasteiger partial charge in [0.2, 0.25) is 0 Å². The smallest absolute Gasteiger partial charge is 0.129 e. The number of ether oxygens (including phenoxy) is 1. The number of alkyl halides is 1. The van der Waals surface area contributed by atoms with Crippen molar-refractivity contribution in [3.05, 3.63) is 42.8 Å². The highest BCUT2D eigenvalue weighted by atomic mass is 35.5. The van der Waals surface area contributed by atoms with Crippen LogP contribution >= 0.6 is 34.3 Å². The SMILES string of the molecule is Cc1cc(C(OC(C)Cl)c2cc(C)sc2C)c(C)s1. The lowest BCUT2D eigenvalue weighted by molar-refractivity contribution is 0.0656. The van der Waals surface area contributed by atoms with E-state index < -0.39 is 0 Å². The van der Waals surface area contributed by atoms with Crippen molar-refractivity contribution in [2.75, 3.05) is 0 Å². The Morgan fingerprint density at radius 2 is 1.37 bits per heavy atom. The summed E-state index contributed by atoms with van der Waals surface area (Å²) in [4.78, 5) is 5.24. The quantitative estimate of drug-likeness (QED) is 0.654. The maximum absolute atomic E-state index is 6.08. The van der Waals surface area contributed by atoms with Gasteiger partial charge >= 0.3 is 0 Å². The predicted octanol–water partition coefficient (Wildman–Crippen LogP) is 5.73. The second kappa shape index (κ2) is 5.96. The fraction of sp³-hybridized carbons (Fsp3) is 0.467. The van der Waals surface area contributed by atoms with Crippen molar-refractivity contribution in [1.82, 2.24) is 0 Å². The number of hydrogen-bond acceptors (Lipinski definition) is 3. The first-order valence-corrected chi connectivity index (χ1v) is 8.38. The van der Waals surface area contributed by atoms with E-state index in [2.05, 4.69) is 39.8 Å². The Morgan fingerprint density at radius 1 is 0.947 bits per heavy atom. The van der Waals surface area contributed by atoms with Crippen LogP contribution in [0.4, 0.5) is 0 Å². The minimum absolute atomic E-state index is 0.0533. The van der Waals surface area contributed by atoms with Gasteiger partial charge in [-0.2, -0.15) is 0 Å². The van der Waals surface area contributed by atoms with Crippen molar-refractivity contribution in [1.29, 1.82) is 0 Å². The van der Waals surface area contributed by atoms with Crippen LogP contribution in [-0.2, 0) is 4.74 Å². The van der Waals surface area contributed by atoms with E-state index in [1.807, 2.05) is 29.6 Å². The van der Waals surface area contributed by atoms with Crippen LogP contribution in [0.1, 0.15) is 43.7 Å². The lowest BCUT2D eigenvalue weighted by Gasteiger charge is -2.20. The summed E-state index contributed by atoms with van der Waals surface area (Å²) < 4.78 is 5.99. The second-order valence-corrected chi connectivity index (χ2v) is 8.33. The molecule has 1 nitrogen and oxygen atoms in total. The van der Waals surface area contributed by atoms with Gasteiger partial charge in [0.05, 0.1) is 0 Å². The molecule has 1 atom stereocenters. The van der Waals surface area contributed by atoms with Gasteiger partial charge in [0.1, 0.15) is 11.7 Å². The molecule has 0 saturated carbocycles. The van der Waals surface area contributed by atoms with Crippen LogP contribution in [-0.4, -0.2) is 5.56 Å². The number of thiophene rings is 2. The third kappa shape index (κ3) is 3.40. The lowest BCUT2D eigenvalue weighted by atomic mass is 10.0. The molecule has 1 unspecified atom stereocenters. The molecule has 0 bridgehead atoms. The maximum Gasteiger partial charge on any atom is 0.129 e. The normalized spacial score (nSPS) is 13.2. The summed E-state index contributed by atoms with van der Waals surface area (Å²) in [6.07, 6.45) is -0.0533. The van der Waals surface area contributed by atoms with Crippen LogP contribution in [0.25, 0.3) is 0 Å². The Hall–Kier alpha value is -0.350. The van der Waals surface area contributed by atoms with Crippen molar-refractivity contribution in [3.8, 4) is 0 Å². The highest BCUT2D eigenvalue weighted by molar-refractivity contribution is 7.12. The number of halogens is 1. The van der Waals surface area contributed by atoms with Gasteiger partial charge in [-0.15, -0.1) is 22.7 Å². The van der Waals surface area contributed by atoms with Crippen LogP contribution in [0.3, 0.4) is 0 Å². The number of rotatable bonds is 4. The first kappa shape index (κ1) is 15.0. The Labute approximate surface area is 128 Å². The van der Waals surface area contributed by atoms with Crippen LogP contribution in [0, 0.1) is 27.7 Å². The Balaban J connectivity index is 2.47. The molecule has 0 radical (unpaired) electrons. The third-order valence-electron chi connectivity index (χ3n) is 3.05. The van der Waals surface area contributed by atoms with Crippen molar-refractivity contribution in [2.24, 2.45) is 0 Å². The van der Waals surface area contributed by atoms with Gasteiger partial charge in [0.25, 0.3) is 0 Å². The fourth-order valence-electron chi connectivity index (χ4n) is 2.32. The van der Waals surface area contributed by atoms with Crippen molar-refractivity contribution in [2.45, 2.75) is 46.3 Å². The average molecular weight is 315 g/mol. The summed E-state index contributed by atoms with van der Waals surface area (Å²) in [6, 6.07) is 4.44. The molecule has 0 N–H and O–H groups in total. The molecule has 19 heavy (non-hydrogen) atoms. The van der Waals surface area contributed by atoms with Gasteiger partial charge in [-0.05, 0) is 57.9 Å². The molecule has 0 aliphatic carbocycles. The first-order chi connectivity index (χ1) is 8.88. The number of aryl methyl sites for hydroxylation is 4. The maximum atomic E-state index is 6.08. The van der Waals surface area contributed by atoms with E-state index in [4.69, 9.17) is 16.3 Å². The molecule has 4 heteroatoms.